The Hall–Kier alpha value is -3.17. The first-order chi connectivity index (χ1) is 10.9. The number of aromatic carboxylic acids is 1. The van der Waals surface area contributed by atoms with Crippen molar-refractivity contribution in [2.24, 2.45) is 0 Å². The van der Waals surface area contributed by atoms with Gasteiger partial charge in [0.25, 0.3) is 0 Å². The molecule has 0 unspecified atom stereocenters. The van der Waals surface area contributed by atoms with E-state index in [-0.39, 0.29) is 42.4 Å². The topological polar surface area (TPSA) is 140 Å². The molecule has 0 aromatic carbocycles. The van der Waals surface area contributed by atoms with Crippen molar-refractivity contribution in [3.05, 3.63) is 45.7 Å². The van der Waals surface area contributed by atoms with Gasteiger partial charge in [0.05, 0.1) is 11.5 Å². The molecule has 2 aromatic heterocycles. The molecule has 2 rings (SSSR count). The first-order valence-electron chi connectivity index (χ1n) is 6.63. The van der Waals surface area contributed by atoms with Gasteiger partial charge in [-0.25, -0.2) is 4.79 Å². The standard InChI is InChI=1S/C13H14N4O6/c1-8-11(13(19)20)4-10(23-8)6-14-12(18)2-3-16-7-9(5-15-16)17(21)22/h4-5,7H,2-3,6H2,1H3,(H,14,18)(H,19,20). The average molecular weight is 322 g/mol. The van der Waals surface area contributed by atoms with Gasteiger partial charge < -0.3 is 14.8 Å². The van der Waals surface area contributed by atoms with Crippen molar-refractivity contribution < 1.29 is 24.0 Å². The van der Waals surface area contributed by atoms with Crippen LogP contribution < -0.4 is 5.32 Å². The van der Waals surface area contributed by atoms with Gasteiger partial charge in [0.1, 0.15) is 29.5 Å². The summed E-state index contributed by atoms with van der Waals surface area (Å²) in [6.07, 6.45) is 2.42. The fraction of sp³-hybridized carbons (Fsp3) is 0.308. The smallest absolute Gasteiger partial charge is 0.339 e. The molecule has 0 aliphatic rings. The average Bonchev–Trinajstić information content (AvgIpc) is 3.09. The second kappa shape index (κ2) is 6.73. The number of carboxylic acids is 1. The van der Waals surface area contributed by atoms with Crippen LogP contribution in [0.3, 0.4) is 0 Å². The number of hydrogen-bond acceptors (Lipinski definition) is 6. The molecule has 0 aliphatic heterocycles. The lowest BCUT2D eigenvalue weighted by atomic mass is 10.2. The van der Waals surface area contributed by atoms with Crippen LogP contribution in [0, 0.1) is 17.0 Å². The number of carboxylic acid groups (broad SMARTS) is 1. The summed E-state index contributed by atoms with van der Waals surface area (Å²) in [5.41, 5.74) is -0.0873. The second-order valence-electron chi connectivity index (χ2n) is 4.73. The highest BCUT2D eigenvalue weighted by molar-refractivity contribution is 5.88. The van der Waals surface area contributed by atoms with E-state index in [2.05, 4.69) is 10.4 Å². The summed E-state index contributed by atoms with van der Waals surface area (Å²) in [5, 5.41) is 25.8. The molecule has 2 heterocycles. The third-order valence-corrected chi connectivity index (χ3v) is 3.06. The summed E-state index contributed by atoms with van der Waals surface area (Å²) in [5.74, 6) is -0.799. The van der Waals surface area contributed by atoms with E-state index in [9.17, 15) is 19.7 Å². The molecule has 122 valence electrons. The van der Waals surface area contributed by atoms with Crippen molar-refractivity contribution in [2.75, 3.05) is 0 Å². The number of furan rings is 1. The predicted molar refractivity (Wildman–Crippen MR) is 75.7 cm³/mol. The number of amides is 1. The molecule has 0 aliphatic carbocycles. The normalized spacial score (nSPS) is 10.5. The Morgan fingerprint density at radius 1 is 1.52 bits per heavy atom. The maximum absolute atomic E-state index is 11.7. The molecule has 0 radical (unpaired) electrons. The zero-order valence-corrected chi connectivity index (χ0v) is 12.2. The minimum absolute atomic E-state index is 0.0538. The van der Waals surface area contributed by atoms with Crippen LogP contribution in [0.15, 0.2) is 22.9 Å². The van der Waals surface area contributed by atoms with Crippen molar-refractivity contribution in [1.82, 2.24) is 15.1 Å². The van der Waals surface area contributed by atoms with Gasteiger partial charge in [-0.15, -0.1) is 0 Å². The largest absolute Gasteiger partial charge is 0.478 e. The molecule has 0 saturated heterocycles. The lowest BCUT2D eigenvalue weighted by molar-refractivity contribution is -0.385. The van der Waals surface area contributed by atoms with Crippen molar-refractivity contribution in [3.63, 3.8) is 0 Å². The monoisotopic (exact) mass is 322 g/mol. The summed E-state index contributed by atoms with van der Waals surface area (Å²) in [4.78, 5) is 32.5. The molecule has 0 bridgehead atoms. The number of aromatic nitrogens is 2. The Morgan fingerprint density at radius 3 is 2.83 bits per heavy atom. The van der Waals surface area contributed by atoms with Crippen molar-refractivity contribution in [1.29, 1.82) is 0 Å². The molecular weight excluding hydrogens is 308 g/mol. The van der Waals surface area contributed by atoms with Gasteiger partial charge in [-0.1, -0.05) is 0 Å². The molecular formula is C13H14N4O6. The molecule has 1 amide bonds. The van der Waals surface area contributed by atoms with E-state index in [0.717, 1.165) is 6.20 Å². The van der Waals surface area contributed by atoms with Gasteiger partial charge >= 0.3 is 11.7 Å². The lowest BCUT2D eigenvalue weighted by Gasteiger charge is -2.03. The molecule has 2 aromatic rings. The van der Waals surface area contributed by atoms with Gasteiger partial charge in [-0.3, -0.25) is 19.6 Å². The van der Waals surface area contributed by atoms with Gasteiger partial charge in [-0.2, -0.15) is 5.10 Å². The predicted octanol–water partition coefficient (Wildman–Crippen LogP) is 1.10. The minimum atomic E-state index is -1.09. The highest BCUT2D eigenvalue weighted by Crippen LogP contribution is 2.14. The molecule has 10 heteroatoms. The maximum atomic E-state index is 11.7. The first-order valence-corrected chi connectivity index (χ1v) is 6.63. The third kappa shape index (κ3) is 4.15. The van der Waals surface area contributed by atoms with Crippen LogP contribution in [-0.2, 0) is 17.9 Å². The fourth-order valence-electron chi connectivity index (χ4n) is 1.90. The van der Waals surface area contributed by atoms with E-state index in [1.54, 1.807) is 0 Å². The van der Waals surface area contributed by atoms with Crippen LogP contribution >= 0.6 is 0 Å². The molecule has 0 spiro atoms. The number of rotatable bonds is 7. The Bertz CT molecular complexity index is 747. The molecule has 0 atom stereocenters. The zero-order valence-electron chi connectivity index (χ0n) is 12.2. The maximum Gasteiger partial charge on any atom is 0.339 e. The second-order valence-corrected chi connectivity index (χ2v) is 4.73. The first kappa shape index (κ1) is 16.2. The Labute approximate surface area is 129 Å². The highest BCUT2D eigenvalue weighted by Gasteiger charge is 2.14. The van der Waals surface area contributed by atoms with Crippen LogP contribution in [0.1, 0.15) is 28.3 Å². The van der Waals surface area contributed by atoms with E-state index in [1.807, 2.05) is 0 Å². The molecule has 10 nitrogen and oxygen atoms in total. The number of carbonyl (C=O) groups is 2. The fourth-order valence-corrected chi connectivity index (χ4v) is 1.90. The molecule has 0 fully saturated rings. The van der Waals surface area contributed by atoms with Crippen molar-refractivity contribution in [2.45, 2.75) is 26.4 Å². The lowest BCUT2D eigenvalue weighted by Crippen LogP contribution is -2.23. The Kier molecular flexibility index (Phi) is 4.74. The number of hydrogen-bond donors (Lipinski definition) is 2. The van der Waals surface area contributed by atoms with E-state index >= 15 is 0 Å². The number of nitrogens with zero attached hydrogens (tertiary/aromatic N) is 3. The summed E-state index contributed by atoms with van der Waals surface area (Å²) in [6.45, 7) is 1.78. The van der Waals surface area contributed by atoms with Gasteiger partial charge in [-0.05, 0) is 13.0 Å². The summed E-state index contributed by atoms with van der Waals surface area (Å²) in [6, 6.07) is 1.36. The SMILES string of the molecule is Cc1oc(CNC(=O)CCn2cc([N+](=O)[O-])cn2)cc1C(=O)O. The van der Waals surface area contributed by atoms with Crippen LogP contribution in [-0.4, -0.2) is 31.7 Å². The van der Waals surface area contributed by atoms with Gasteiger partial charge in [0, 0.05) is 13.0 Å². The highest BCUT2D eigenvalue weighted by atomic mass is 16.6. The van der Waals surface area contributed by atoms with E-state index in [1.165, 1.54) is 23.9 Å². The van der Waals surface area contributed by atoms with Crippen molar-refractivity contribution >= 4 is 17.6 Å². The summed E-state index contributed by atoms with van der Waals surface area (Å²) in [7, 11) is 0. The number of carbonyl (C=O) groups excluding carboxylic acids is 1. The summed E-state index contributed by atoms with van der Waals surface area (Å²) < 4.78 is 6.53. The molecule has 0 saturated carbocycles. The van der Waals surface area contributed by atoms with Gasteiger partial charge in [0.15, 0.2) is 0 Å². The van der Waals surface area contributed by atoms with Crippen LogP contribution in [0.25, 0.3) is 0 Å². The van der Waals surface area contributed by atoms with Crippen LogP contribution in [0.2, 0.25) is 0 Å². The minimum Gasteiger partial charge on any atom is -0.478 e. The van der Waals surface area contributed by atoms with Crippen LogP contribution in [0.5, 0.6) is 0 Å². The van der Waals surface area contributed by atoms with E-state index < -0.39 is 10.9 Å². The molecule has 2 N–H and O–H groups in total. The quantitative estimate of drug-likeness (QED) is 0.574. The third-order valence-electron chi connectivity index (χ3n) is 3.06. The zero-order chi connectivity index (χ0) is 17.0. The van der Waals surface area contributed by atoms with Gasteiger partial charge in [0.2, 0.25) is 5.91 Å². The van der Waals surface area contributed by atoms with E-state index in [0.29, 0.717) is 5.76 Å². The van der Waals surface area contributed by atoms with Crippen LogP contribution in [0.4, 0.5) is 5.69 Å². The number of aryl methyl sites for hydroxylation is 2. The van der Waals surface area contributed by atoms with Crippen molar-refractivity contribution in [3.8, 4) is 0 Å². The van der Waals surface area contributed by atoms with E-state index in [4.69, 9.17) is 9.52 Å². The summed E-state index contributed by atoms with van der Waals surface area (Å²) >= 11 is 0. The number of nitrogens with one attached hydrogen (secondary N) is 1. The Balaban J connectivity index is 1.82. The molecule has 23 heavy (non-hydrogen) atoms. The Morgan fingerprint density at radius 2 is 2.26 bits per heavy atom. The number of nitro groups is 1.